The molecular formula is C18H19N3O4S. The first-order chi connectivity index (χ1) is 12.2. The molecule has 1 amide bonds. The SMILES string of the molecule is Cc1cc(C)c2onc(CC(=O)NCc3ccc(S(N)(=O)=O)cc3)c2c1. The van der Waals surface area contributed by atoms with E-state index in [2.05, 4.69) is 10.5 Å². The molecule has 0 radical (unpaired) electrons. The van der Waals surface area contributed by atoms with Crippen LogP contribution < -0.4 is 10.5 Å². The number of nitrogens with two attached hydrogens (primary N) is 1. The van der Waals surface area contributed by atoms with Crippen LogP contribution in [-0.4, -0.2) is 19.5 Å². The molecule has 3 aromatic rings. The van der Waals surface area contributed by atoms with Gasteiger partial charge in [0.1, 0.15) is 5.69 Å². The average molecular weight is 373 g/mol. The van der Waals surface area contributed by atoms with Crippen LogP contribution in [-0.2, 0) is 27.8 Å². The Hall–Kier alpha value is -2.71. The largest absolute Gasteiger partial charge is 0.356 e. The number of primary sulfonamides is 1. The predicted octanol–water partition coefficient (Wildman–Crippen LogP) is 1.95. The van der Waals surface area contributed by atoms with Crippen LogP contribution in [0.5, 0.6) is 0 Å². The zero-order chi connectivity index (χ0) is 18.9. The van der Waals surface area contributed by atoms with Crippen molar-refractivity contribution < 1.29 is 17.7 Å². The van der Waals surface area contributed by atoms with Gasteiger partial charge in [-0.2, -0.15) is 0 Å². The van der Waals surface area contributed by atoms with Crippen LogP contribution in [0.1, 0.15) is 22.4 Å². The second-order valence-electron chi connectivity index (χ2n) is 6.23. The number of hydrogen-bond donors (Lipinski definition) is 2. The number of carbonyl (C=O) groups is 1. The maximum absolute atomic E-state index is 12.2. The van der Waals surface area contributed by atoms with E-state index < -0.39 is 10.0 Å². The Morgan fingerprint density at radius 3 is 2.54 bits per heavy atom. The summed E-state index contributed by atoms with van der Waals surface area (Å²) in [5.41, 5.74) is 4.11. The molecule has 2 aromatic carbocycles. The highest BCUT2D eigenvalue weighted by molar-refractivity contribution is 7.89. The summed E-state index contributed by atoms with van der Waals surface area (Å²) >= 11 is 0. The highest BCUT2D eigenvalue weighted by Gasteiger charge is 2.14. The summed E-state index contributed by atoms with van der Waals surface area (Å²) in [4.78, 5) is 12.2. The number of benzene rings is 2. The fourth-order valence-electron chi connectivity index (χ4n) is 2.78. The molecule has 136 valence electrons. The van der Waals surface area contributed by atoms with Crippen molar-refractivity contribution in [1.29, 1.82) is 0 Å². The number of nitrogens with zero attached hydrogens (tertiary/aromatic N) is 1. The maximum Gasteiger partial charge on any atom is 0.238 e. The van der Waals surface area contributed by atoms with Crippen LogP contribution in [0, 0.1) is 13.8 Å². The lowest BCUT2D eigenvalue weighted by Gasteiger charge is -2.05. The average Bonchev–Trinajstić information content (AvgIpc) is 2.95. The van der Waals surface area contributed by atoms with E-state index in [0.29, 0.717) is 11.3 Å². The third-order valence-electron chi connectivity index (χ3n) is 4.05. The summed E-state index contributed by atoms with van der Waals surface area (Å²) in [6.07, 6.45) is 0.102. The van der Waals surface area contributed by atoms with Crippen molar-refractivity contribution in [3.8, 4) is 0 Å². The molecule has 3 N–H and O–H groups in total. The normalized spacial score (nSPS) is 11.7. The van der Waals surface area contributed by atoms with Gasteiger partial charge < -0.3 is 9.84 Å². The van der Waals surface area contributed by atoms with Crippen molar-refractivity contribution in [3.05, 3.63) is 58.8 Å². The minimum atomic E-state index is -3.72. The Labute approximate surface area is 151 Å². The molecule has 0 aliphatic heterocycles. The molecule has 3 rings (SSSR count). The maximum atomic E-state index is 12.2. The summed E-state index contributed by atoms with van der Waals surface area (Å²) in [6, 6.07) is 9.99. The Morgan fingerprint density at radius 2 is 1.88 bits per heavy atom. The lowest BCUT2D eigenvalue weighted by molar-refractivity contribution is -0.120. The molecule has 1 heterocycles. The number of nitrogens with one attached hydrogen (secondary N) is 1. The first-order valence-corrected chi connectivity index (χ1v) is 9.52. The van der Waals surface area contributed by atoms with Crippen LogP contribution in [0.15, 0.2) is 45.8 Å². The van der Waals surface area contributed by atoms with Crippen LogP contribution >= 0.6 is 0 Å². The van der Waals surface area contributed by atoms with Gasteiger partial charge in [0.2, 0.25) is 15.9 Å². The molecule has 0 atom stereocenters. The fraction of sp³-hybridized carbons (Fsp3) is 0.222. The van der Waals surface area contributed by atoms with E-state index in [9.17, 15) is 13.2 Å². The molecule has 1 aromatic heterocycles. The van der Waals surface area contributed by atoms with Crippen molar-refractivity contribution in [2.45, 2.75) is 31.7 Å². The molecule has 0 bridgehead atoms. The summed E-state index contributed by atoms with van der Waals surface area (Å²) in [6.45, 7) is 4.20. The van der Waals surface area contributed by atoms with E-state index in [1.54, 1.807) is 12.1 Å². The first kappa shape index (κ1) is 18.1. The van der Waals surface area contributed by atoms with Gasteiger partial charge >= 0.3 is 0 Å². The van der Waals surface area contributed by atoms with Crippen LogP contribution in [0.4, 0.5) is 0 Å². The van der Waals surface area contributed by atoms with Crippen molar-refractivity contribution in [2.75, 3.05) is 0 Å². The summed E-state index contributed by atoms with van der Waals surface area (Å²) in [7, 11) is -3.72. The third kappa shape index (κ3) is 3.92. The Kier molecular flexibility index (Phi) is 4.80. The van der Waals surface area contributed by atoms with Crippen LogP contribution in [0.3, 0.4) is 0 Å². The van der Waals surface area contributed by atoms with E-state index >= 15 is 0 Å². The molecule has 0 saturated heterocycles. The quantitative estimate of drug-likeness (QED) is 0.709. The zero-order valence-electron chi connectivity index (χ0n) is 14.4. The Morgan fingerprint density at radius 1 is 1.19 bits per heavy atom. The van der Waals surface area contributed by atoms with Crippen molar-refractivity contribution in [1.82, 2.24) is 10.5 Å². The number of hydrogen-bond acceptors (Lipinski definition) is 5. The number of aromatic nitrogens is 1. The van der Waals surface area contributed by atoms with E-state index in [0.717, 1.165) is 22.1 Å². The monoisotopic (exact) mass is 373 g/mol. The van der Waals surface area contributed by atoms with Gasteiger partial charge in [0, 0.05) is 11.9 Å². The standard InChI is InChI=1S/C18H19N3O4S/c1-11-7-12(2)18-15(8-11)16(21-25-18)9-17(22)20-10-13-3-5-14(6-4-13)26(19,23)24/h3-8H,9-10H2,1-2H3,(H,20,22)(H2,19,23,24). The van der Waals surface area contributed by atoms with Crippen LogP contribution in [0.2, 0.25) is 0 Å². The molecule has 0 spiro atoms. The smallest absolute Gasteiger partial charge is 0.238 e. The van der Waals surface area contributed by atoms with Crippen LogP contribution in [0.25, 0.3) is 11.0 Å². The van der Waals surface area contributed by atoms with E-state index in [-0.39, 0.29) is 23.8 Å². The van der Waals surface area contributed by atoms with Gasteiger partial charge in [0.25, 0.3) is 0 Å². The summed E-state index contributed by atoms with van der Waals surface area (Å²) < 4.78 is 27.8. The lowest BCUT2D eigenvalue weighted by Crippen LogP contribution is -2.24. The van der Waals surface area contributed by atoms with Gasteiger partial charge in [-0.3, -0.25) is 4.79 Å². The number of rotatable bonds is 5. The topological polar surface area (TPSA) is 115 Å². The van der Waals surface area contributed by atoms with E-state index in [1.807, 2.05) is 26.0 Å². The first-order valence-electron chi connectivity index (χ1n) is 7.98. The van der Waals surface area contributed by atoms with Gasteiger partial charge in [-0.15, -0.1) is 0 Å². The predicted molar refractivity (Wildman–Crippen MR) is 96.8 cm³/mol. The molecule has 8 heteroatoms. The minimum Gasteiger partial charge on any atom is -0.356 e. The minimum absolute atomic E-state index is 0.0346. The van der Waals surface area contributed by atoms with Gasteiger partial charge in [-0.25, -0.2) is 13.6 Å². The Bertz CT molecular complexity index is 1070. The Balaban J connectivity index is 1.66. The second kappa shape index (κ2) is 6.89. The third-order valence-corrected chi connectivity index (χ3v) is 4.98. The number of carbonyl (C=O) groups excluding carboxylic acids is 1. The molecule has 0 fully saturated rings. The van der Waals surface area contributed by atoms with E-state index in [1.165, 1.54) is 12.1 Å². The molecule has 26 heavy (non-hydrogen) atoms. The molecular weight excluding hydrogens is 354 g/mol. The highest BCUT2D eigenvalue weighted by Crippen LogP contribution is 2.24. The molecule has 0 aliphatic rings. The molecule has 0 aliphatic carbocycles. The van der Waals surface area contributed by atoms with Gasteiger partial charge in [0.05, 0.1) is 11.3 Å². The lowest BCUT2D eigenvalue weighted by atomic mass is 10.1. The molecule has 7 nitrogen and oxygen atoms in total. The van der Waals surface area contributed by atoms with Crippen molar-refractivity contribution in [3.63, 3.8) is 0 Å². The highest BCUT2D eigenvalue weighted by atomic mass is 32.2. The van der Waals surface area contributed by atoms with E-state index in [4.69, 9.17) is 9.66 Å². The number of aryl methyl sites for hydroxylation is 2. The van der Waals surface area contributed by atoms with Gasteiger partial charge in [0.15, 0.2) is 5.58 Å². The van der Waals surface area contributed by atoms with Gasteiger partial charge in [-0.1, -0.05) is 23.4 Å². The number of sulfonamides is 1. The zero-order valence-corrected chi connectivity index (χ0v) is 15.3. The second-order valence-corrected chi connectivity index (χ2v) is 7.79. The summed E-state index contributed by atoms with van der Waals surface area (Å²) in [5, 5.41) is 12.7. The van der Waals surface area contributed by atoms with Gasteiger partial charge in [-0.05, 0) is 48.7 Å². The number of amides is 1. The van der Waals surface area contributed by atoms with Crippen molar-refractivity contribution >= 4 is 26.9 Å². The van der Waals surface area contributed by atoms with Crippen molar-refractivity contribution in [2.24, 2.45) is 5.14 Å². The fourth-order valence-corrected chi connectivity index (χ4v) is 3.29. The summed E-state index contributed by atoms with van der Waals surface area (Å²) in [5.74, 6) is -0.199. The number of fused-ring (bicyclic) bond motifs is 1. The molecule has 0 saturated carbocycles. The molecule has 0 unspecified atom stereocenters.